The minimum atomic E-state index is -0.312. The number of Topliss-reactive ketones (excluding diaryl/α,β-unsaturated/α-hetero) is 1. The number of para-hydroxylation sites is 2. The SMILES string of the molecule is CCC(=O)NC(C)c1nc2ccccc2n1C(C)C(C)=O. The van der Waals surface area contributed by atoms with Crippen molar-refractivity contribution in [1.29, 1.82) is 0 Å². The summed E-state index contributed by atoms with van der Waals surface area (Å²) in [5.74, 6) is 0.741. The number of hydrogen-bond acceptors (Lipinski definition) is 3. The van der Waals surface area contributed by atoms with Crippen molar-refractivity contribution in [2.45, 2.75) is 46.2 Å². The number of carbonyl (C=O) groups is 2. The summed E-state index contributed by atoms with van der Waals surface area (Å²) in [6.07, 6.45) is 0.423. The van der Waals surface area contributed by atoms with E-state index in [0.29, 0.717) is 12.2 Å². The molecule has 1 N–H and O–H groups in total. The first-order chi connectivity index (χ1) is 9.95. The Hall–Kier alpha value is -2.17. The van der Waals surface area contributed by atoms with Crippen molar-refractivity contribution in [2.24, 2.45) is 0 Å². The average Bonchev–Trinajstić information content (AvgIpc) is 2.85. The van der Waals surface area contributed by atoms with E-state index in [1.54, 1.807) is 6.92 Å². The van der Waals surface area contributed by atoms with Gasteiger partial charge < -0.3 is 9.88 Å². The Kier molecular flexibility index (Phi) is 4.40. The van der Waals surface area contributed by atoms with E-state index >= 15 is 0 Å². The predicted molar refractivity (Wildman–Crippen MR) is 82.0 cm³/mol. The number of aromatic nitrogens is 2. The van der Waals surface area contributed by atoms with Crippen molar-refractivity contribution in [3.63, 3.8) is 0 Å². The van der Waals surface area contributed by atoms with E-state index in [1.165, 1.54) is 0 Å². The zero-order valence-corrected chi connectivity index (χ0v) is 12.9. The molecular formula is C16H21N3O2. The molecule has 1 aromatic carbocycles. The minimum absolute atomic E-state index is 0.0309. The Morgan fingerprint density at radius 1 is 1.29 bits per heavy atom. The maximum Gasteiger partial charge on any atom is 0.220 e. The maximum absolute atomic E-state index is 11.8. The number of fused-ring (bicyclic) bond motifs is 1. The van der Waals surface area contributed by atoms with Crippen molar-refractivity contribution in [3.8, 4) is 0 Å². The zero-order valence-electron chi connectivity index (χ0n) is 12.9. The quantitative estimate of drug-likeness (QED) is 0.919. The molecule has 0 fully saturated rings. The van der Waals surface area contributed by atoms with Gasteiger partial charge in [-0.15, -0.1) is 0 Å². The summed E-state index contributed by atoms with van der Waals surface area (Å²) in [6, 6.07) is 7.14. The molecule has 2 atom stereocenters. The molecule has 2 rings (SSSR count). The van der Waals surface area contributed by atoms with Crippen LogP contribution in [0.4, 0.5) is 0 Å². The molecular weight excluding hydrogens is 266 g/mol. The lowest BCUT2D eigenvalue weighted by molar-refractivity contribution is -0.121. The Morgan fingerprint density at radius 2 is 1.95 bits per heavy atom. The third kappa shape index (κ3) is 2.96. The van der Waals surface area contributed by atoms with E-state index in [4.69, 9.17) is 0 Å². The average molecular weight is 287 g/mol. The minimum Gasteiger partial charge on any atom is -0.346 e. The number of carbonyl (C=O) groups excluding carboxylic acids is 2. The van der Waals surface area contributed by atoms with E-state index in [-0.39, 0.29) is 23.8 Å². The van der Waals surface area contributed by atoms with E-state index in [0.717, 1.165) is 11.0 Å². The van der Waals surface area contributed by atoms with Gasteiger partial charge in [-0.25, -0.2) is 4.98 Å². The van der Waals surface area contributed by atoms with Crippen LogP contribution >= 0.6 is 0 Å². The smallest absolute Gasteiger partial charge is 0.220 e. The summed E-state index contributed by atoms with van der Waals surface area (Å²) >= 11 is 0. The summed E-state index contributed by atoms with van der Waals surface area (Å²) in [6.45, 7) is 7.12. The molecule has 0 saturated heterocycles. The van der Waals surface area contributed by atoms with Crippen molar-refractivity contribution >= 4 is 22.7 Å². The third-order valence-corrected chi connectivity index (χ3v) is 3.68. The summed E-state index contributed by atoms with van der Waals surface area (Å²) in [5, 5.41) is 2.91. The molecule has 0 aliphatic carbocycles. The molecule has 112 valence electrons. The van der Waals surface area contributed by atoms with Crippen LogP contribution in [-0.4, -0.2) is 21.2 Å². The second-order valence-electron chi connectivity index (χ2n) is 5.26. The van der Waals surface area contributed by atoms with Crippen LogP contribution in [0, 0.1) is 0 Å². The lowest BCUT2D eigenvalue weighted by Gasteiger charge is -2.19. The van der Waals surface area contributed by atoms with Crippen LogP contribution in [0.3, 0.4) is 0 Å². The molecule has 1 aromatic heterocycles. The van der Waals surface area contributed by atoms with Crippen molar-refractivity contribution < 1.29 is 9.59 Å². The lowest BCUT2D eigenvalue weighted by atomic mass is 10.2. The second-order valence-corrected chi connectivity index (χ2v) is 5.26. The molecule has 0 aliphatic rings. The van der Waals surface area contributed by atoms with Crippen LogP contribution in [0.2, 0.25) is 0 Å². The Morgan fingerprint density at radius 3 is 2.57 bits per heavy atom. The molecule has 0 bridgehead atoms. The van der Waals surface area contributed by atoms with Gasteiger partial charge in [-0.05, 0) is 32.9 Å². The van der Waals surface area contributed by atoms with Gasteiger partial charge in [-0.3, -0.25) is 9.59 Å². The van der Waals surface area contributed by atoms with Crippen molar-refractivity contribution in [3.05, 3.63) is 30.1 Å². The number of benzene rings is 1. The number of imidazole rings is 1. The van der Waals surface area contributed by atoms with Crippen LogP contribution in [0.5, 0.6) is 0 Å². The van der Waals surface area contributed by atoms with Crippen molar-refractivity contribution in [2.75, 3.05) is 0 Å². The monoisotopic (exact) mass is 287 g/mol. The highest BCUT2D eigenvalue weighted by molar-refractivity contribution is 5.84. The summed E-state index contributed by atoms with van der Waals surface area (Å²) in [7, 11) is 0. The van der Waals surface area contributed by atoms with Crippen molar-refractivity contribution in [1.82, 2.24) is 14.9 Å². The molecule has 0 aliphatic heterocycles. The molecule has 2 aromatic rings. The Bertz CT molecular complexity index is 675. The number of nitrogens with zero attached hydrogens (tertiary/aromatic N) is 2. The van der Waals surface area contributed by atoms with E-state index in [2.05, 4.69) is 10.3 Å². The fraction of sp³-hybridized carbons (Fsp3) is 0.438. The number of ketones is 1. The van der Waals surface area contributed by atoms with Gasteiger partial charge >= 0.3 is 0 Å². The van der Waals surface area contributed by atoms with Gasteiger partial charge in [0, 0.05) is 6.42 Å². The number of hydrogen-bond donors (Lipinski definition) is 1. The fourth-order valence-corrected chi connectivity index (χ4v) is 2.37. The van der Waals surface area contributed by atoms with Gasteiger partial charge in [-0.2, -0.15) is 0 Å². The highest BCUT2D eigenvalue weighted by Gasteiger charge is 2.22. The van der Waals surface area contributed by atoms with Crippen LogP contribution in [0.1, 0.15) is 52.0 Å². The summed E-state index contributed by atoms with van der Waals surface area (Å²) < 4.78 is 1.91. The summed E-state index contributed by atoms with van der Waals surface area (Å²) in [4.78, 5) is 28.0. The van der Waals surface area contributed by atoms with Gasteiger partial charge in [0.2, 0.25) is 5.91 Å². The largest absolute Gasteiger partial charge is 0.346 e. The highest BCUT2D eigenvalue weighted by Crippen LogP contribution is 2.25. The standard InChI is InChI=1S/C16H21N3O2/c1-5-15(21)17-10(2)16-18-13-8-6-7-9-14(13)19(16)11(3)12(4)20/h6-11H,5H2,1-4H3,(H,17,21). The molecule has 0 spiro atoms. The topological polar surface area (TPSA) is 64.0 Å². The van der Waals surface area contributed by atoms with E-state index in [1.807, 2.05) is 49.6 Å². The van der Waals surface area contributed by atoms with Gasteiger partial charge in [0.25, 0.3) is 0 Å². The molecule has 0 saturated carbocycles. The summed E-state index contributed by atoms with van der Waals surface area (Å²) in [5.41, 5.74) is 1.74. The van der Waals surface area contributed by atoms with Gasteiger partial charge in [-0.1, -0.05) is 19.1 Å². The van der Waals surface area contributed by atoms with Crippen LogP contribution in [0.15, 0.2) is 24.3 Å². The van der Waals surface area contributed by atoms with Crippen LogP contribution in [-0.2, 0) is 9.59 Å². The lowest BCUT2D eigenvalue weighted by Crippen LogP contribution is -2.29. The molecule has 21 heavy (non-hydrogen) atoms. The van der Waals surface area contributed by atoms with Crippen LogP contribution < -0.4 is 5.32 Å². The van der Waals surface area contributed by atoms with E-state index in [9.17, 15) is 9.59 Å². The Balaban J connectivity index is 2.53. The molecule has 0 radical (unpaired) electrons. The van der Waals surface area contributed by atoms with E-state index < -0.39 is 0 Å². The fourth-order valence-electron chi connectivity index (χ4n) is 2.37. The Labute approximate surface area is 124 Å². The zero-order chi connectivity index (χ0) is 15.6. The molecule has 2 unspecified atom stereocenters. The number of amides is 1. The van der Waals surface area contributed by atoms with Crippen LogP contribution in [0.25, 0.3) is 11.0 Å². The highest BCUT2D eigenvalue weighted by atomic mass is 16.1. The number of nitrogens with one attached hydrogen (secondary N) is 1. The normalized spacial score (nSPS) is 13.9. The first kappa shape index (κ1) is 15.2. The predicted octanol–water partition coefficient (Wildman–Crippen LogP) is 2.77. The maximum atomic E-state index is 11.8. The molecule has 1 amide bonds. The van der Waals surface area contributed by atoms with Gasteiger partial charge in [0.05, 0.1) is 23.1 Å². The third-order valence-electron chi connectivity index (χ3n) is 3.68. The van der Waals surface area contributed by atoms with Gasteiger partial charge in [0.1, 0.15) is 5.82 Å². The first-order valence-electron chi connectivity index (χ1n) is 7.22. The first-order valence-corrected chi connectivity index (χ1v) is 7.22. The number of rotatable bonds is 5. The molecule has 5 heteroatoms. The van der Waals surface area contributed by atoms with Gasteiger partial charge in [0.15, 0.2) is 5.78 Å². The molecule has 5 nitrogen and oxygen atoms in total. The molecule has 1 heterocycles. The second kappa shape index (κ2) is 6.08.